The second-order valence-electron chi connectivity index (χ2n) is 4.53. The van der Waals surface area contributed by atoms with Crippen LogP contribution in [-0.4, -0.2) is 32.3 Å². The highest BCUT2D eigenvalue weighted by molar-refractivity contribution is 7.92. The highest BCUT2D eigenvalue weighted by Crippen LogP contribution is 2.17. The van der Waals surface area contributed by atoms with Gasteiger partial charge in [0.1, 0.15) is 5.54 Å². The van der Waals surface area contributed by atoms with E-state index in [2.05, 4.69) is 0 Å². The van der Waals surface area contributed by atoms with E-state index >= 15 is 0 Å². The van der Waals surface area contributed by atoms with E-state index in [0.717, 1.165) is 12.8 Å². The lowest BCUT2D eigenvalue weighted by atomic mass is 9.92. The molecule has 0 aromatic heterocycles. The van der Waals surface area contributed by atoms with Gasteiger partial charge in [-0.2, -0.15) is 0 Å². The van der Waals surface area contributed by atoms with E-state index in [4.69, 9.17) is 15.6 Å². The lowest BCUT2D eigenvalue weighted by Crippen LogP contribution is -2.49. The molecule has 0 saturated carbocycles. The number of nitrogens with two attached hydrogens (primary N) is 1. The van der Waals surface area contributed by atoms with Crippen LogP contribution in [0.1, 0.15) is 46.0 Å². The number of hydrogen-bond donors (Lipinski definition) is 3. The molecule has 0 aliphatic carbocycles. The van der Waals surface area contributed by atoms with Gasteiger partial charge in [-0.1, -0.05) is 26.7 Å². The van der Waals surface area contributed by atoms with Crippen LogP contribution in [0.4, 0.5) is 0 Å². The molecular weight excluding hydrogens is 240 g/mol. The highest BCUT2D eigenvalue weighted by Gasteiger charge is 2.33. The summed E-state index contributed by atoms with van der Waals surface area (Å²) in [5.74, 6) is -0.647. The van der Waals surface area contributed by atoms with Crippen LogP contribution >= 0.6 is 0 Å². The second kappa shape index (κ2) is 6.96. The minimum atomic E-state index is -2.67. The summed E-state index contributed by atoms with van der Waals surface area (Å²) in [6, 6.07) is 0. The van der Waals surface area contributed by atoms with Crippen LogP contribution < -0.4 is 5.73 Å². The molecule has 0 radical (unpaired) electrons. The first-order chi connectivity index (χ1) is 7.77. The van der Waals surface area contributed by atoms with Crippen LogP contribution in [0.2, 0.25) is 0 Å². The zero-order valence-corrected chi connectivity index (χ0v) is 11.5. The van der Waals surface area contributed by atoms with E-state index in [1.54, 1.807) is 0 Å². The number of carboxylic acid groups (broad SMARTS) is 1. The maximum atomic E-state index is 11.8. The number of nitrogens with one attached hydrogen (secondary N) is 1. The summed E-state index contributed by atoms with van der Waals surface area (Å²) >= 11 is 0. The zero-order chi connectivity index (χ0) is 13.5. The molecule has 6 heteroatoms. The van der Waals surface area contributed by atoms with Gasteiger partial charge >= 0.3 is 5.97 Å². The summed E-state index contributed by atoms with van der Waals surface area (Å²) < 4.78 is 19.5. The molecule has 0 aromatic rings. The number of hydrogen-bond acceptors (Lipinski definition) is 4. The van der Waals surface area contributed by atoms with Crippen molar-refractivity contribution in [2.24, 2.45) is 5.73 Å². The van der Waals surface area contributed by atoms with Crippen molar-refractivity contribution in [3.63, 3.8) is 0 Å². The van der Waals surface area contributed by atoms with Gasteiger partial charge in [-0.05, 0) is 19.3 Å². The van der Waals surface area contributed by atoms with Crippen LogP contribution in [0.15, 0.2) is 0 Å². The second-order valence-corrected chi connectivity index (χ2v) is 6.98. The molecule has 0 aromatic carbocycles. The maximum Gasteiger partial charge on any atom is 0.323 e. The number of unbranched alkanes of at least 4 members (excludes halogenated alkanes) is 1. The lowest BCUT2D eigenvalue weighted by Gasteiger charge is -2.24. The first-order valence-corrected chi connectivity index (χ1v) is 7.93. The Hall–Kier alpha value is -0.620. The van der Waals surface area contributed by atoms with E-state index in [1.807, 2.05) is 13.8 Å². The van der Waals surface area contributed by atoms with E-state index in [0.29, 0.717) is 18.6 Å². The average molecular weight is 264 g/mol. The highest BCUT2D eigenvalue weighted by atomic mass is 32.2. The van der Waals surface area contributed by atoms with Crippen LogP contribution in [0.25, 0.3) is 0 Å². The summed E-state index contributed by atoms with van der Waals surface area (Å²) in [4.78, 5) is 11.1. The fourth-order valence-corrected chi connectivity index (χ4v) is 3.26. The molecule has 2 unspecified atom stereocenters. The lowest BCUT2D eigenvalue weighted by molar-refractivity contribution is -0.143. The Morgan fingerprint density at radius 2 is 1.88 bits per heavy atom. The molecule has 0 amide bonds. The standard InChI is InChI=1S/C11H24N2O3S/c1-3-5-8-17(13,16)9-7-11(12,6-4-2)10(14)15/h13H,3-9,12H2,1-2H3,(H,14,15). The summed E-state index contributed by atoms with van der Waals surface area (Å²) in [6.07, 6.45) is 2.75. The van der Waals surface area contributed by atoms with Crippen LogP contribution in [0.5, 0.6) is 0 Å². The number of rotatable bonds is 9. The van der Waals surface area contributed by atoms with Crippen LogP contribution in [-0.2, 0) is 14.5 Å². The molecule has 102 valence electrons. The Labute approximate surface area is 104 Å². The fraction of sp³-hybridized carbons (Fsp3) is 0.909. The van der Waals surface area contributed by atoms with E-state index < -0.39 is 21.2 Å². The largest absolute Gasteiger partial charge is 0.480 e. The third-order valence-electron chi connectivity index (χ3n) is 2.83. The fourth-order valence-electron chi connectivity index (χ4n) is 1.61. The van der Waals surface area contributed by atoms with Gasteiger partial charge in [-0.15, -0.1) is 0 Å². The quantitative estimate of drug-likeness (QED) is 0.590. The van der Waals surface area contributed by atoms with Crippen molar-refractivity contribution in [2.45, 2.75) is 51.5 Å². The van der Waals surface area contributed by atoms with Crippen molar-refractivity contribution < 1.29 is 14.1 Å². The minimum Gasteiger partial charge on any atom is -0.480 e. The predicted molar refractivity (Wildman–Crippen MR) is 69.6 cm³/mol. The zero-order valence-electron chi connectivity index (χ0n) is 10.7. The van der Waals surface area contributed by atoms with Gasteiger partial charge in [0, 0.05) is 21.2 Å². The van der Waals surface area contributed by atoms with Gasteiger partial charge in [0.2, 0.25) is 0 Å². The maximum absolute atomic E-state index is 11.8. The van der Waals surface area contributed by atoms with Crippen molar-refractivity contribution in [3.05, 3.63) is 0 Å². The molecule has 0 heterocycles. The van der Waals surface area contributed by atoms with Gasteiger partial charge in [-0.25, -0.2) is 4.21 Å². The summed E-state index contributed by atoms with van der Waals surface area (Å²) in [7, 11) is -2.67. The topological polar surface area (TPSA) is 104 Å². The van der Waals surface area contributed by atoms with Crippen molar-refractivity contribution in [1.82, 2.24) is 0 Å². The first-order valence-electron chi connectivity index (χ1n) is 6.04. The van der Waals surface area contributed by atoms with Crippen LogP contribution in [0.3, 0.4) is 0 Å². The Kier molecular flexibility index (Phi) is 6.70. The average Bonchev–Trinajstić information content (AvgIpc) is 2.24. The van der Waals surface area contributed by atoms with Gasteiger partial charge in [0.05, 0.1) is 0 Å². The number of carboxylic acids is 1. The van der Waals surface area contributed by atoms with E-state index in [-0.39, 0.29) is 12.2 Å². The third kappa shape index (κ3) is 6.02. The predicted octanol–water partition coefficient (Wildman–Crippen LogP) is 1.81. The Bertz CT molecular complexity index is 341. The smallest absolute Gasteiger partial charge is 0.323 e. The molecular formula is C11H24N2O3S. The van der Waals surface area contributed by atoms with Crippen molar-refractivity contribution >= 4 is 15.7 Å². The third-order valence-corrected chi connectivity index (χ3v) is 4.64. The summed E-state index contributed by atoms with van der Waals surface area (Å²) in [5, 5.41) is 9.06. The molecule has 0 spiro atoms. The van der Waals surface area contributed by atoms with Gasteiger partial charge in [0.25, 0.3) is 0 Å². The normalized spacial score (nSPS) is 18.3. The Morgan fingerprint density at radius 1 is 1.29 bits per heavy atom. The molecule has 0 bridgehead atoms. The summed E-state index contributed by atoms with van der Waals surface area (Å²) in [6.45, 7) is 3.83. The molecule has 0 saturated heterocycles. The number of aliphatic carboxylic acids is 1. The van der Waals surface area contributed by atoms with Crippen molar-refractivity contribution in [1.29, 1.82) is 4.78 Å². The van der Waals surface area contributed by atoms with Gasteiger partial charge in [-0.3, -0.25) is 9.57 Å². The van der Waals surface area contributed by atoms with Gasteiger partial charge in [0.15, 0.2) is 0 Å². The monoisotopic (exact) mass is 264 g/mol. The van der Waals surface area contributed by atoms with Crippen molar-refractivity contribution in [3.8, 4) is 0 Å². The molecule has 0 aliphatic heterocycles. The molecule has 0 rings (SSSR count). The van der Waals surface area contributed by atoms with Crippen molar-refractivity contribution in [2.75, 3.05) is 11.5 Å². The SMILES string of the molecule is CCCCS(=N)(=O)CCC(N)(CCC)C(=O)O. The van der Waals surface area contributed by atoms with E-state index in [1.165, 1.54) is 0 Å². The molecule has 5 nitrogen and oxygen atoms in total. The first kappa shape index (κ1) is 16.4. The molecule has 4 N–H and O–H groups in total. The number of carbonyl (C=O) groups is 1. The molecule has 17 heavy (non-hydrogen) atoms. The molecule has 0 fully saturated rings. The molecule has 2 atom stereocenters. The van der Waals surface area contributed by atoms with Crippen LogP contribution in [0, 0.1) is 4.78 Å². The van der Waals surface area contributed by atoms with E-state index in [9.17, 15) is 9.00 Å². The Morgan fingerprint density at radius 3 is 2.29 bits per heavy atom. The minimum absolute atomic E-state index is 0.0792. The van der Waals surface area contributed by atoms with Gasteiger partial charge < -0.3 is 10.8 Å². The molecule has 0 aliphatic rings. The Balaban J connectivity index is 4.45. The summed E-state index contributed by atoms with van der Waals surface area (Å²) in [5.41, 5.74) is 4.45.